The smallest absolute Gasteiger partial charge is 0.320 e. The fourth-order valence-electron chi connectivity index (χ4n) is 6.13. The number of aromatic nitrogens is 2. The molecule has 0 radical (unpaired) electrons. The lowest BCUT2D eigenvalue weighted by atomic mass is 9.90. The number of thiophene rings is 1. The molecular weight excluding hydrogens is 503 g/mol. The Bertz CT molecular complexity index is 1220. The third-order valence-electron chi connectivity index (χ3n) is 8.14. The Labute approximate surface area is 227 Å². The highest BCUT2D eigenvalue weighted by Crippen LogP contribution is 2.40. The number of piperidine rings is 1. The summed E-state index contributed by atoms with van der Waals surface area (Å²) in [6, 6.07) is 5.41. The van der Waals surface area contributed by atoms with Crippen molar-refractivity contribution in [1.82, 2.24) is 14.9 Å². The summed E-state index contributed by atoms with van der Waals surface area (Å²) in [5.41, 5.74) is 7.95. The van der Waals surface area contributed by atoms with Gasteiger partial charge in [0.2, 0.25) is 0 Å². The monoisotopic (exact) mass is 538 g/mol. The first-order chi connectivity index (χ1) is 18.4. The number of fused-ring (bicyclic) bond motifs is 1. The van der Waals surface area contributed by atoms with Crippen molar-refractivity contribution < 1.29 is 9.13 Å². The molecule has 3 atom stereocenters. The van der Waals surface area contributed by atoms with E-state index in [1.54, 1.807) is 7.11 Å². The second kappa shape index (κ2) is 11.3. The lowest BCUT2D eigenvalue weighted by molar-refractivity contribution is 0.292. The van der Waals surface area contributed by atoms with Crippen molar-refractivity contribution in [1.29, 1.82) is 10.5 Å². The average molecular weight is 539 g/mol. The molecule has 2 N–H and O–H groups in total. The standard InChI is InChI=1S/C20H23N7OS.C7H12FN/c1-12-4-3-5-26(8-12)18-15(7-22)19(25-20(24-18)28-2)27-9-13(10-27)16-11-29-17(23)14(16)6-21;8-6-4-7-2-1-3-9(7)5-6/h11-13H,3-5,8-10,23H2,1-2H3;6-7H,1-5H2. The fraction of sp³-hybridized carbons (Fsp3) is 0.630. The van der Waals surface area contributed by atoms with Gasteiger partial charge in [-0.25, -0.2) is 4.39 Å². The Balaban J connectivity index is 0.000000273. The van der Waals surface area contributed by atoms with E-state index in [4.69, 9.17) is 10.5 Å². The predicted molar refractivity (Wildman–Crippen MR) is 146 cm³/mol. The summed E-state index contributed by atoms with van der Waals surface area (Å²) in [5, 5.41) is 21.8. The van der Waals surface area contributed by atoms with E-state index in [9.17, 15) is 14.9 Å². The zero-order valence-corrected chi connectivity index (χ0v) is 22.9. The number of ether oxygens (including phenoxy) is 1. The van der Waals surface area contributed by atoms with E-state index in [0.29, 0.717) is 59.4 Å². The molecular formula is C27H35FN8OS. The first kappa shape index (κ1) is 26.5. The van der Waals surface area contributed by atoms with Crippen LogP contribution < -0.4 is 20.3 Å². The normalized spacial score (nSPS) is 25.1. The van der Waals surface area contributed by atoms with E-state index in [0.717, 1.165) is 38.0 Å². The predicted octanol–water partition coefficient (Wildman–Crippen LogP) is 3.90. The van der Waals surface area contributed by atoms with Gasteiger partial charge in [0.15, 0.2) is 11.6 Å². The van der Waals surface area contributed by atoms with E-state index in [2.05, 4.69) is 43.7 Å². The average Bonchev–Trinajstić information content (AvgIpc) is 3.57. The van der Waals surface area contributed by atoms with Crippen LogP contribution in [0, 0.1) is 28.6 Å². The molecule has 0 saturated carbocycles. The van der Waals surface area contributed by atoms with Crippen LogP contribution in [0.1, 0.15) is 61.6 Å². The van der Waals surface area contributed by atoms with Gasteiger partial charge >= 0.3 is 6.01 Å². The Morgan fingerprint density at radius 1 is 1.03 bits per heavy atom. The number of nitrogen functional groups attached to an aromatic ring is 1. The fourth-order valence-corrected chi connectivity index (χ4v) is 6.98. The summed E-state index contributed by atoms with van der Waals surface area (Å²) in [6.07, 6.45) is 5.08. The molecule has 0 aliphatic carbocycles. The van der Waals surface area contributed by atoms with Gasteiger partial charge in [-0.05, 0) is 55.5 Å². The Morgan fingerprint density at radius 3 is 2.39 bits per heavy atom. The number of hydrogen-bond acceptors (Lipinski definition) is 10. The number of anilines is 3. The van der Waals surface area contributed by atoms with Crippen LogP contribution in [0.25, 0.3) is 0 Å². The van der Waals surface area contributed by atoms with E-state index in [1.165, 1.54) is 30.6 Å². The first-order valence-electron chi connectivity index (χ1n) is 13.4. The number of methoxy groups -OCH3 is 1. The molecule has 38 heavy (non-hydrogen) atoms. The van der Waals surface area contributed by atoms with Gasteiger partial charge in [0.05, 0.1) is 12.7 Å². The molecule has 0 aromatic carbocycles. The minimum absolute atomic E-state index is 0.198. The summed E-state index contributed by atoms with van der Waals surface area (Å²) in [7, 11) is 1.54. The quantitative estimate of drug-likeness (QED) is 0.618. The van der Waals surface area contributed by atoms with Crippen LogP contribution in [0.3, 0.4) is 0 Å². The second-order valence-electron chi connectivity index (χ2n) is 10.8. The van der Waals surface area contributed by atoms with Crippen molar-refractivity contribution in [2.45, 2.75) is 57.2 Å². The zero-order valence-electron chi connectivity index (χ0n) is 22.1. The van der Waals surface area contributed by atoms with E-state index >= 15 is 0 Å². The van der Waals surface area contributed by atoms with Gasteiger partial charge in [0.25, 0.3) is 0 Å². The van der Waals surface area contributed by atoms with Crippen LogP contribution in [0.15, 0.2) is 5.38 Å². The molecule has 202 valence electrons. The highest BCUT2D eigenvalue weighted by atomic mass is 32.1. The van der Waals surface area contributed by atoms with Gasteiger partial charge in [-0.15, -0.1) is 11.3 Å². The molecule has 0 amide bonds. The number of hydrogen-bond donors (Lipinski definition) is 1. The van der Waals surface area contributed by atoms with Crippen LogP contribution in [-0.4, -0.2) is 73.5 Å². The van der Waals surface area contributed by atoms with Gasteiger partial charge < -0.3 is 20.3 Å². The summed E-state index contributed by atoms with van der Waals surface area (Å²) in [6.45, 7) is 7.18. The number of nitriles is 2. The third kappa shape index (κ3) is 5.23. The molecule has 2 aromatic heterocycles. The molecule has 9 nitrogen and oxygen atoms in total. The minimum atomic E-state index is -0.518. The van der Waals surface area contributed by atoms with Crippen LogP contribution in [0.4, 0.5) is 21.0 Å². The maximum Gasteiger partial charge on any atom is 0.320 e. The van der Waals surface area contributed by atoms with Crippen molar-refractivity contribution in [3.8, 4) is 18.1 Å². The van der Waals surface area contributed by atoms with Crippen LogP contribution in [0.5, 0.6) is 6.01 Å². The van der Waals surface area contributed by atoms with E-state index in [-0.39, 0.29) is 11.9 Å². The minimum Gasteiger partial charge on any atom is -0.467 e. The first-order valence-corrected chi connectivity index (χ1v) is 14.3. The van der Waals surface area contributed by atoms with Gasteiger partial charge in [-0.2, -0.15) is 20.5 Å². The maximum absolute atomic E-state index is 12.6. The molecule has 4 fully saturated rings. The number of nitrogens with two attached hydrogens (primary N) is 1. The highest BCUT2D eigenvalue weighted by molar-refractivity contribution is 7.14. The molecule has 3 unspecified atom stereocenters. The Hall–Kier alpha value is -3.15. The zero-order chi connectivity index (χ0) is 26.8. The Kier molecular flexibility index (Phi) is 7.87. The van der Waals surface area contributed by atoms with Crippen LogP contribution >= 0.6 is 11.3 Å². The number of alkyl halides is 1. The maximum atomic E-state index is 12.6. The highest BCUT2D eigenvalue weighted by Gasteiger charge is 2.36. The van der Waals surface area contributed by atoms with Crippen molar-refractivity contribution in [2.75, 3.05) is 61.9 Å². The number of nitrogens with zero attached hydrogens (tertiary/aromatic N) is 7. The molecule has 4 aliphatic rings. The third-order valence-corrected chi connectivity index (χ3v) is 8.97. The summed E-state index contributed by atoms with van der Waals surface area (Å²) < 4.78 is 17.9. The van der Waals surface area contributed by atoms with Crippen molar-refractivity contribution in [3.05, 3.63) is 22.1 Å². The molecule has 4 saturated heterocycles. The van der Waals surface area contributed by atoms with Gasteiger partial charge in [0, 0.05) is 44.7 Å². The van der Waals surface area contributed by atoms with E-state index < -0.39 is 6.17 Å². The molecule has 0 spiro atoms. The Morgan fingerprint density at radius 2 is 1.74 bits per heavy atom. The van der Waals surface area contributed by atoms with Crippen LogP contribution in [-0.2, 0) is 0 Å². The van der Waals surface area contributed by atoms with Gasteiger partial charge in [0.1, 0.15) is 28.9 Å². The molecule has 2 aromatic rings. The summed E-state index contributed by atoms with van der Waals surface area (Å²) in [5.74, 6) is 2.01. The second-order valence-corrected chi connectivity index (χ2v) is 11.7. The molecule has 11 heteroatoms. The molecule has 4 aliphatic heterocycles. The lowest BCUT2D eigenvalue weighted by Crippen LogP contribution is -2.46. The lowest BCUT2D eigenvalue weighted by Gasteiger charge is -2.41. The molecule has 6 rings (SSSR count). The largest absolute Gasteiger partial charge is 0.467 e. The number of rotatable bonds is 4. The van der Waals surface area contributed by atoms with Gasteiger partial charge in [-0.1, -0.05) is 6.92 Å². The van der Waals surface area contributed by atoms with Crippen molar-refractivity contribution in [2.24, 2.45) is 5.92 Å². The van der Waals surface area contributed by atoms with E-state index in [1.807, 2.05) is 5.38 Å². The number of halogens is 1. The summed E-state index contributed by atoms with van der Waals surface area (Å²) in [4.78, 5) is 15.5. The van der Waals surface area contributed by atoms with Crippen molar-refractivity contribution >= 4 is 28.0 Å². The topological polar surface area (TPSA) is 118 Å². The molecule has 0 bridgehead atoms. The van der Waals surface area contributed by atoms with Crippen LogP contribution in [0.2, 0.25) is 0 Å². The summed E-state index contributed by atoms with van der Waals surface area (Å²) >= 11 is 1.40. The van der Waals surface area contributed by atoms with Crippen molar-refractivity contribution in [3.63, 3.8) is 0 Å². The molecule has 6 heterocycles. The van der Waals surface area contributed by atoms with Gasteiger partial charge in [-0.3, -0.25) is 4.90 Å². The SMILES string of the molecule is COc1nc(N2CCCC(C)C2)c(C#N)c(N2CC(c3csc(N)c3C#N)C2)n1.FC1CC2CCCN2C1.